The third-order valence-corrected chi connectivity index (χ3v) is 3.80. The lowest BCUT2D eigenvalue weighted by atomic mass is 10.0. The molecular weight excluding hydrogens is 305 g/mol. The molecule has 0 amide bonds. The fourth-order valence-electron chi connectivity index (χ4n) is 2.03. The van der Waals surface area contributed by atoms with E-state index < -0.39 is 6.10 Å². The van der Waals surface area contributed by atoms with Crippen LogP contribution in [0.3, 0.4) is 0 Å². The Hall–Kier alpha value is -1.32. The molecule has 0 aliphatic carbocycles. The maximum atomic E-state index is 9.61. The summed E-state index contributed by atoms with van der Waals surface area (Å²) < 4.78 is 0. The third kappa shape index (κ3) is 4.58. The highest BCUT2D eigenvalue weighted by Crippen LogP contribution is 2.26. The summed E-state index contributed by atoms with van der Waals surface area (Å²) in [6, 6.07) is 13.4. The Balaban J connectivity index is 2.19. The SMILES string of the molecule is NCC(O)Cc1cccc(/C=C/c2c(Cl)cccc2Cl)c1. The second kappa shape index (κ2) is 7.62. The molecule has 2 aromatic carbocycles. The molecule has 0 fully saturated rings. The van der Waals surface area contributed by atoms with Gasteiger partial charge >= 0.3 is 0 Å². The molecule has 21 heavy (non-hydrogen) atoms. The fourth-order valence-corrected chi connectivity index (χ4v) is 2.55. The normalized spacial score (nSPS) is 12.8. The summed E-state index contributed by atoms with van der Waals surface area (Å²) in [5, 5.41) is 10.8. The standard InChI is InChI=1S/C17H17Cl2NO/c18-16-5-2-6-17(19)15(16)8-7-12-3-1-4-13(9-12)10-14(21)11-20/h1-9,14,21H,10-11,20H2/b8-7+. The number of aliphatic hydroxyl groups excluding tert-OH is 1. The molecule has 4 heteroatoms. The second-order valence-corrected chi connectivity index (χ2v) is 5.62. The third-order valence-electron chi connectivity index (χ3n) is 3.14. The van der Waals surface area contributed by atoms with Crippen LogP contribution in [-0.2, 0) is 6.42 Å². The van der Waals surface area contributed by atoms with Gasteiger partial charge < -0.3 is 10.8 Å². The summed E-state index contributed by atoms with van der Waals surface area (Å²) in [6.45, 7) is 0.259. The van der Waals surface area contributed by atoms with Crippen LogP contribution in [0.15, 0.2) is 42.5 Å². The average Bonchev–Trinajstić information content (AvgIpc) is 2.47. The minimum Gasteiger partial charge on any atom is -0.391 e. The smallest absolute Gasteiger partial charge is 0.0702 e. The Labute approximate surface area is 134 Å². The summed E-state index contributed by atoms with van der Waals surface area (Å²) in [5.41, 5.74) is 8.29. The molecule has 0 heterocycles. The number of halogens is 2. The number of benzene rings is 2. The molecule has 3 N–H and O–H groups in total. The molecule has 0 saturated carbocycles. The van der Waals surface area contributed by atoms with E-state index in [0.717, 1.165) is 16.7 Å². The molecule has 110 valence electrons. The number of nitrogens with two attached hydrogens (primary N) is 1. The summed E-state index contributed by atoms with van der Waals surface area (Å²) in [5.74, 6) is 0. The van der Waals surface area contributed by atoms with E-state index in [1.807, 2.05) is 42.5 Å². The van der Waals surface area contributed by atoms with E-state index >= 15 is 0 Å². The van der Waals surface area contributed by atoms with Crippen molar-refractivity contribution in [1.29, 1.82) is 0 Å². The zero-order valence-corrected chi connectivity index (χ0v) is 13.0. The van der Waals surface area contributed by atoms with E-state index in [2.05, 4.69) is 0 Å². The van der Waals surface area contributed by atoms with Gasteiger partial charge in [-0.15, -0.1) is 0 Å². The Bertz CT molecular complexity index is 620. The van der Waals surface area contributed by atoms with Gasteiger partial charge in [0.25, 0.3) is 0 Å². The molecule has 0 bridgehead atoms. The van der Waals surface area contributed by atoms with Crippen LogP contribution in [0.5, 0.6) is 0 Å². The van der Waals surface area contributed by atoms with Crippen molar-refractivity contribution in [3.05, 3.63) is 69.2 Å². The van der Waals surface area contributed by atoms with Crippen LogP contribution >= 0.6 is 23.2 Å². The van der Waals surface area contributed by atoms with Gasteiger partial charge in [0.15, 0.2) is 0 Å². The van der Waals surface area contributed by atoms with E-state index in [4.69, 9.17) is 28.9 Å². The minimum absolute atomic E-state index is 0.259. The molecule has 0 aromatic heterocycles. The van der Waals surface area contributed by atoms with Crippen molar-refractivity contribution < 1.29 is 5.11 Å². The lowest BCUT2D eigenvalue weighted by Crippen LogP contribution is -2.21. The molecule has 2 nitrogen and oxygen atoms in total. The van der Waals surface area contributed by atoms with Crippen molar-refractivity contribution in [2.45, 2.75) is 12.5 Å². The van der Waals surface area contributed by atoms with Gasteiger partial charge in [-0.05, 0) is 29.7 Å². The largest absolute Gasteiger partial charge is 0.391 e. The quantitative estimate of drug-likeness (QED) is 0.817. The summed E-state index contributed by atoms with van der Waals surface area (Å²) >= 11 is 12.3. The Morgan fingerprint density at radius 2 is 1.71 bits per heavy atom. The van der Waals surface area contributed by atoms with Gasteiger partial charge in [-0.3, -0.25) is 0 Å². The van der Waals surface area contributed by atoms with Gasteiger partial charge in [-0.1, -0.05) is 65.7 Å². The monoisotopic (exact) mass is 321 g/mol. The Morgan fingerprint density at radius 1 is 1.05 bits per heavy atom. The van der Waals surface area contributed by atoms with Crippen molar-refractivity contribution in [3.8, 4) is 0 Å². The van der Waals surface area contributed by atoms with Gasteiger partial charge in [0.2, 0.25) is 0 Å². The van der Waals surface area contributed by atoms with E-state index in [-0.39, 0.29) is 6.54 Å². The maximum Gasteiger partial charge on any atom is 0.0702 e. The molecule has 1 unspecified atom stereocenters. The van der Waals surface area contributed by atoms with E-state index in [0.29, 0.717) is 16.5 Å². The highest BCUT2D eigenvalue weighted by Gasteiger charge is 2.04. The van der Waals surface area contributed by atoms with Gasteiger partial charge in [0.05, 0.1) is 6.10 Å². The molecular formula is C17H17Cl2NO. The summed E-state index contributed by atoms with van der Waals surface area (Å²) in [6.07, 6.45) is 3.88. The van der Waals surface area contributed by atoms with Crippen LogP contribution in [-0.4, -0.2) is 17.8 Å². The molecule has 0 radical (unpaired) electrons. The van der Waals surface area contributed by atoms with Crippen molar-refractivity contribution >= 4 is 35.4 Å². The fraction of sp³-hybridized carbons (Fsp3) is 0.176. The zero-order valence-electron chi connectivity index (χ0n) is 11.5. The van der Waals surface area contributed by atoms with Gasteiger partial charge in [0, 0.05) is 22.2 Å². The molecule has 0 aliphatic rings. The number of hydrogen-bond donors (Lipinski definition) is 2. The first-order valence-electron chi connectivity index (χ1n) is 6.69. The van der Waals surface area contributed by atoms with E-state index in [9.17, 15) is 5.11 Å². The second-order valence-electron chi connectivity index (χ2n) is 4.81. The summed E-state index contributed by atoms with van der Waals surface area (Å²) in [4.78, 5) is 0. The molecule has 0 aliphatic heterocycles. The predicted molar refractivity (Wildman–Crippen MR) is 90.6 cm³/mol. The average molecular weight is 322 g/mol. The summed E-state index contributed by atoms with van der Waals surface area (Å²) in [7, 11) is 0. The molecule has 2 rings (SSSR count). The van der Waals surface area contributed by atoms with Crippen LogP contribution in [0.2, 0.25) is 10.0 Å². The van der Waals surface area contributed by atoms with Crippen molar-refractivity contribution in [2.24, 2.45) is 5.73 Å². The van der Waals surface area contributed by atoms with Crippen molar-refractivity contribution in [2.75, 3.05) is 6.54 Å². The van der Waals surface area contributed by atoms with Gasteiger partial charge in [0.1, 0.15) is 0 Å². The van der Waals surface area contributed by atoms with Crippen LogP contribution in [0.25, 0.3) is 12.2 Å². The minimum atomic E-state index is -0.512. The van der Waals surface area contributed by atoms with Crippen LogP contribution < -0.4 is 5.73 Å². The van der Waals surface area contributed by atoms with E-state index in [1.54, 1.807) is 12.1 Å². The van der Waals surface area contributed by atoms with Crippen molar-refractivity contribution in [3.63, 3.8) is 0 Å². The van der Waals surface area contributed by atoms with Gasteiger partial charge in [-0.25, -0.2) is 0 Å². The van der Waals surface area contributed by atoms with Gasteiger partial charge in [-0.2, -0.15) is 0 Å². The lowest BCUT2D eigenvalue weighted by Gasteiger charge is -2.08. The highest BCUT2D eigenvalue weighted by molar-refractivity contribution is 6.37. The zero-order chi connectivity index (χ0) is 15.2. The number of hydrogen-bond acceptors (Lipinski definition) is 2. The first-order valence-corrected chi connectivity index (χ1v) is 7.45. The topological polar surface area (TPSA) is 46.2 Å². The Kier molecular flexibility index (Phi) is 5.83. The molecule has 1 atom stereocenters. The predicted octanol–water partition coefficient (Wildman–Crippen LogP) is 4.03. The highest BCUT2D eigenvalue weighted by atomic mass is 35.5. The number of aliphatic hydroxyl groups is 1. The van der Waals surface area contributed by atoms with Crippen LogP contribution in [0.1, 0.15) is 16.7 Å². The lowest BCUT2D eigenvalue weighted by molar-refractivity contribution is 0.183. The van der Waals surface area contributed by atoms with Crippen LogP contribution in [0.4, 0.5) is 0 Å². The number of rotatable bonds is 5. The first kappa shape index (κ1) is 16.1. The van der Waals surface area contributed by atoms with E-state index in [1.165, 1.54) is 0 Å². The molecule has 0 saturated heterocycles. The first-order chi connectivity index (χ1) is 10.1. The van der Waals surface area contributed by atoms with Crippen molar-refractivity contribution in [1.82, 2.24) is 0 Å². The van der Waals surface area contributed by atoms with Crippen LogP contribution in [0, 0.1) is 0 Å². The Morgan fingerprint density at radius 3 is 2.38 bits per heavy atom. The molecule has 0 spiro atoms. The molecule has 2 aromatic rings. The maximum absolute atomic E-state index is 9.61.